The maximum atomic E-state index is 9.55. The van der Waals surface area contributed by atoms with Crippen LogP contribution in [-0.2, 0) is 19.0 Å². The highest BCUT2D eigenvalue weighted by atomic mass is 16.6. The second-order valence-electron chi connectivity index (χ2n) is 2.16. The molecule has 0 aromatic heterocycles. The topological polar surface area (TPSA) is 44.8 Å². The maximum Gasteiger partial charge on any atom is 0.417 e. The summed E-state index contributed by atoms with van der Waals surface area (Å²) in [4.78, 5) is 9.55. The highest BCUT2D eigenvalue weighted by molar-refractivity contribution is 5.37. The van der Waals surface area contributed by atoms with Crippen LogP contribution in [0.15, 0.2) is 0 Å². The summed E-state index contributed by atoms with van der Waals surface area (Å²) in [5.41, 5.74) is 0. The van der Waals surface area contributed by atoms with Gasteiger partial charge in [-0.25, -0.2) is 4.79 Å². The standard InChI is InChI=1S/C8H15O4/c1-2-3-10-4-5-11-6-7-12-8-9/h2-7H2,1H3. The van der Waals surface area contributed by atoms with Gasteiger partial charge < -0.3 is 14.2 Å². The Hall–Kier alpha value is -0.610. The Morgan fingerprint density at radius 1 is 1.00 bits per heavy atom. The molecule has 4 heteroatoms. The molecule has 0 N–H and O–H groups in total. The van der Waals surface area contributed by atoms with Gasteiger partial charge in [0, 0.05) is 6.61 Å². The quantitative estimate of drug-likeness (QED) is 0.479. The van der Waals surface area contributed by atoms with Crippen molar-refractivity contribution in [1.29, 1.82) is 0 Å². The van der Waals surface area contributed by atoms with Crippen LogP contribution in [0, 0.1) is 0 Å². The number of hydrogen-bond donors (Lipinski definition) is 0. The van der Waals surface area contributed by atoms with Gasteiger partial charge in [0.25, 0.3) is 0 Å². The molecule has 0 fully saturated rings. The van der Waals surface area contributed by atoms with E-state index in [1.165, 1.54) is 6.47 Å². The van der Waals surface area contributed by atoms with Crippen molar-refractivity contribution in [2.75, 3.05) is 33.0 Å². The normalized spacial score (nSPS) is 9.75. The third kappa shape index (κ3) is 9.39. The molecule has 0 bridgehead atoms. The van der Waals surface area contributed by atoms with Gasteiger partial charge in [-0.15, -0.1) is 0 Å². The second kappa shape index (κ2) is 10.4. The number of hydrogen-bond acceptors (Lipinski definition) is 4. The van der Waals surface area contributed by atoms with Gasteiger partial charge in [0.2, 0.25) is 0 Å². The van der Waals surface area contributed by atoms with Gasteiger partial charge in [0.15, 0.2) is 0 Å². The molecule has 0 saturated carbocycles. The molecule has 0 rings (SSSR count). The van der Waals surface area contributed by atoms with Gasteiger partial charge in [-0.3, -0.25) is 0 Å². The van der Waals surface area contributed by atoms with Crippen LogP contribution in [0.2, 0.25) is 0 Å². The van der Waals surface area contributed by atoms with E-state index < -0.39 is 0 Å². The SMILES string of the molecule is CCCOCCOCCO[C]=O. The van der Waals surface area contributed by atoms with E-state index in [0.717, 1.165) is 13.0 Å². The van der Waals surface area contributed by atoms with E-state index in [1.807, 2.05) is 0 Å². The first-order valence-corrected chi connectivity index (χ1v) is 4.06. The van der Waals surface area contributed by atoms with Crippen molar-refractivity contribution in [2.45, 2.75) is 13.3 Å². The number of carbonyl (C=O) groups excluding carboxylic acids is 1. The van der Waals surface area contributed by atoms with Crippen molar-refractivity contribution in [3.05, 3.63) is 0 Å². The van der Waals surface area contributed by atoms with Crippen molar-refractivity contribution >= 4 is 6.47 Å². The van der Waals surface area contributed by atoms with Crippen molar-refractivity contribution in [1.82, 2.24) is 0 Å². The molecule has 0 heterocycles. The van der Waals surface area contributed by atoms with E-state index in [1.54, 1.807) is 0 Å². The lowest BCUT2D eigenvalue weighted by Gasteiger charge is -2.03. The molecular weight excluding hydrogens is 160 g/mol. The minimum absolute atomic E-state index is 0.261. The molecule has 0 aliphatic rings. The summed E-state index contributed by atoms with van der Waals surface area (Å²) < 4.78 is 14.5. The van der Waals surface area contributed by atoms with E-state index in [0.29, 0.717) is 19.8 Å². The predicted molar refractivity (Wildman–Crippen MR) is 43.6 cm³/mol. The predicted octanol–water partition coefficient (Wildman–Crippen LogP) is 0.513. The van der Waals surface area contributed by atoms with Crippen LogP contribution in [0.3, 0.4) is 0 Å². The van der Waals surface area contributed by atoms with Crippen LogP contribution in [0.5, 0.6) is 0 Å². The summed E-state index contributed by atoms with van der Waals surface area (Å²) in [5.74, 6) is 0. The van der Waals surface area contributed by atoms with E-state index >= 15 is 0 Å². The molecule has 0 unspecified atom stereocenters. The Kier molecular flexibility index (Phi) is 9.86. The summed E-state index contributed by atoms with van der Waals surface area (Å²) in [6, 6.07) is 0. The summed E-state index contributed by atoms with van der Waals surface area (Å²) in [6.07, 6.45) is 1.02. The summed E-state index contributed by atoms with van der Waals surface area (Å²) in [7, 11) is 0. The lowest BCUT2D eigenvalue weighted by Crippen LogP contribution is -2.09. The molecule has 0 saturated heterocycles. The van der Waals surface area contributed by atoms with E-state index in [9.17, 15) is 4.79 Å². The van der Waals surface area contributed by atoms with E-state index in [2.05, 4.69) is 11.7 Å². The molecule has 0 aromatic carbocycles. The minimum atomic E-state index is 0.261. The van der Waals surface area contributed by atoms with Gasteiger partial charge in [-0.05, 0) is 6.42 Å². The number of rotatable bonds is 9. The van der Waals surface area contributed by atoms with Crippen molar-refractivity contribution in [3.8, 4) is 0 Å². The Labute approximate surface area is 72.8 Å². The van der Waals surface area contributed by atoms with E-state index in [4.69, 9.17) is 9.47 Å². The molecule has 71 valence electrons. The molecule has 0 aliphatic heterocycles. The van der Waals surface area contributed by atoms with Crippen LogP contribution < -0.4 is 0 Å². The fourth-order valence-corrected chi connectivity index (χ4v) is 0.609. The maximum absolute atomic E-state index is 9.55. The first kappa shape index (κ1) is 11.4. The molecule has 4 nitrogen and oxygen atoms in total. The molecule has 1 radical (unpaired) electrons. The van der Waals surface area contributed by atoms with Gasteiger partial charge in [-0.2, -0.15) is 0 Å². The average molecular weight is 175 g/mol. The van der Waals surface area contributed by atoms with Crippen LogP contribution in [0.25, 0.3) is 0 Å². The van der Waals surface area contributed by atoms with Gasteiger partial charge in [0.1, 0.15) is 6.61 Å². The fourth-order valence-electron chi connectivity index (χ4n) is 0.609. The lowest BCUT2D eigenvalue weighted by molar-refractivity contribution is 0.0347. The van der Waals surface area contributed by atoms with Crippen LogP contribution in [0.1, 0.15) is 13.3 Å². The zero-order chi connectivity index (χ0) is 9.07. The third-order valence-electron chi connectivity index (χ3n) is 1.11. The fraction of sp³-hybridized carbons (Fsp3) is 0.875. The molecule has 12 heavy (non-hydrogen) atoms. The minimum Gasteiger partial charge on any atom is -0.455 e. The van der Waals surface area contributed by atoms with Crippen LogP contribution in [0.4, 0.5) is 0 Å². The monoisotopic (exact) mass is 175 g/mol. The first-order valence-electron chi connectivity index (χ1n) is 4.06. The first-order chi connectivity index (χ1) is 5.91. The van der Waals surface area contributed by atoms with Gasteiger partial charge in [-0.1, -0.05) is 6.92 Å². The van der Waals surface area contributed by atoms with Crippen LogP contribution in [-0.4, -0.2) is 39.5 Å². The van der Waals surface area contributed by atoms with Crippen molar-refractivity contribution in [2.24, 2.45) is 0 Å². The van der Waals surface area contributed by atoms with Gasteiger partial charge in [0.05, 0.1) is 19.8 Å². The Morgan fingerprint density at radius 2 is 1.58 bits per heavy atom. The summed E-state index contributed by atoms with van der Waals surface area (Å²) >= 11 is 0. The van der Waals surface area contributed by atoms with Crippen molar-refractivity contribution < 1.29 is 19.0 Å². The Morgan fingerprint density at radius 3 is 2.17 bits per heavy atom. The highest BCUT2D eigenvalue weighted by Gasteiger charge is 1.89. The zero-order valence-corrected chi connectivity index (χ0v) is 7.38. The molecule has 0 atom stereocenters. The summed E-state index contributed by atoms with van der Waals surface area (Å²) in [6.45, 7) is 5.94. The second-order valence-corrected chi connectivity index (χ2v) is 2.16. The highest BCUT2D eigenvalue weighted by Crippen LogP contribution is 1.81. The third-order valence-corrected chi connectivity index (χ3v) is 1.11. The van der Waals surface area contributed by atoms with Gasteiger partial charge >= 0.3 is 6.47 Å². The van der Waals surface area contributed by atoms with Crippen molar-refractivity contribution in [3.63, 3.8) is 0 Å². The molecule has 0 aromatic rings. The largest absolute Gasteiger partial charge is 0.455 e. The molecule has 0 spiro atoms. The molecule has 0 amide bonds. The molecular formula is C8H15O4. The zero-order valence-electron chi connectivity index (χ0n) is 7.38. The average Bonchev–Trinajstić information content (AvgIpc) is 2.10. The molecule has 0 aliphatic carbocycles. The van der Waals surface area contributed by atoms with Crippen LogP contribution >= 0.6 is 0 Å². The lowest BCUT2D eigenvalue weighted by atomic mass is 10.5. The summed E-state index contributed by atoms with van der Waals surface area (Å²) in [5, 5.41) is 0. The smallest absolute Gasteiger partial charge is 0.417 e. The van der Waals surface area contributed by atoms with E-state index in [-0.39, 0.29) is 6.61 Å². The number of ether oxygens (including phenoxy) is 3. The Balaban J connectivity index is 2.77. The Bertz CT molecular complexity index is 95.1.